The maximum Gasteiger partial charge on any atom is 0.304 e. The van der Waals surface area contributed by atoms with E-state index in [0.717, 1.165) is 10.0 Å². The third-order valence-electron chi connectivity index (χ3n) is 2.73. The number of hydrogen-bond donors (Lipinski definition) is 1. The fourth-order valence-electron chi connectivity index (χ4n) is 1.63. The van der Waals surface area contributed by atoms with Crippen molar-refractivity contribution < 1.29 is 9.90 Å². The van der Waals surface area contributed by atoms with Crippen LogP contribution < -0.4 is 0 Å². The first-order chi connectivity index (χ1) is 8.40. The molecule has 1 N–H and O–H groups in total. The van der Waals surface area contributed by atoms with Crippen LogP contribution in [0, 0.1) is 0 Å². The van der Waals surface area contributed by atoms with E-state index in [9.17, 15) is 4.79 Å². The van der Waals surface area contributed by atoms with Crippen LogP contribution in [0.4, 0.5) is 0 Å². The lowest BCUT2D eigenvalue weighted by atomic mass is 10.2. The Morgan fingerprint density at radius 2 is 2.17 bits per heavy atom. The lowest BCUT2D eigenvalue weighted by molar-refractivity contribution is -0.137. The van der Waals surface area contributed by atoms with E-state index in [1.54, 1.807) is 0 Å². The van der Waals surface area contributed by atoms with Gasteiger partial charge in [-0.15, -0.1) is 0 Å². The van der Waals surface area contributed by atoms with E-state index in [2.05, 4.69) is 34.7 Å². The van der Waals surface area contributed by atoms with E-state index in [4.69, 9.17) is 16.7 Å². The van der Waals surface area contributed by atoms with Crippen molar-refractivity contribution in [2.75, 3.05) is 6.54 Å². The molecule has 18 heavy (non-hydrogen) atoms. The molecule has 1 aromatic carbocycles. The molecule has 0 unspecified atom stereocenters. The highest BCUT2D eigenvalue weighted by Gasteiger charge is 2.13. The molecule has 0 saturated carbocycles. The van der Waals surface area contributed by atoms with E-state index in [0.29, 0.717) is 18.1 Å². The Kier molecular flexibility index (Phi) is 6.12. The molecule has 0 fully saturated rings. The zero-order chi connectivity index (χ0) is 13.7. The SMILES string of the molecule is CC(C)N(CCC(=O)O)Cc1ccc(Br)cc1Cl. The van der Waals surface area contributed by atoms with Gasteiger partial charge in [-0.1, -0.05) is 33.6 Å². The lowest BCUT2D eigenvalue weighted by Crippen LogP contribution is -2.32. The summed E-state index contributed by atoms with van der Waals surface area (Å²) in [6.45, 7) is 5.29. The highest BCUT2D eigenvalue weighted by Crippen LogP contribution is 2.23. The van der Waals surface area contributed by atoms with Gasteiger partial charge >= 0.3 is 5.97 Å². The predicted molar refractivity (Wildman–Crippen MR) is 77.0 cm³/mol. The Hall–Kier alpha value is -0.580. The van der Waals surface area contributed by atoms with Gasteiger partial charge in [0.15, 0.2) is 0 Å². The normalized spacial score (nSPS) is 11.2. The van der Waals surface area contributed by atoms with Gasteiger partial charge < -0.3 is 5.11 Å². The zero-order valence-corrected chi connectivity index (χ0v) is 12.8. The summed E-state index contributed by atoms with van der Waals surface area (Å²) in [5.41, 5.74) is 1.01. The van der Waals surface area contributed by atoms with Crippen LogP contribution in [0.1, 0.15) is 25.8 Å². The van der Waals surface area contributed by atoms with E-state index in [1.165, 1.54) is 0 Å². The molecule has 0 radical (unpaired) electrons. The largest absolute Gasteiger partial charge is 0.481 e. The number of carboxylic acids is 1. The second-order valence-electron chi connectivity index (χ2n) is 4.44. The number of carboxylic acid groups (broad SMARTS) is 1. The van der Waals surface area contributed by atoms with Crippen molar-refractivity contribution >= 4 is 33.5 Å². The predicted octanol–water partition coefficient (Wildman–Crippen LogP) is 3.79. The van der Waals surface area contributed by atoms with E-state index >= 15 is 0 Å². The number of rotatable bonds is 6. The average molecular weight is 335 g/mol. The first kappa shape index (κ1) is 15.5. The van der Waals surface area contributed by atoms with Gasteiger partial charge in [0.1, 0.15) is 0 Å². The Bertz CT molecular complexity index is 423. The van der Waals surface area contributed by atoms with Crippen LogP contribution in [0.25, 0.3) is 0 Å². The number of benzene rings is 1. The number of halogens is 2. The Morgan fingerprint density at radius 1 is 1.50 bits per heavy atom. The van der Waals surface area contributed by atoms with E-state index in [-0.39, 0.29) is 12.5 Å². The van der Waals surface area contributed by atoms with Crippen LogP contribution in [0.5, 0.6) is 0 Å². The fraction of sp³-hybridized carbons (Fsp3) is 0.462. The summed E-state index contributed by atoms with van der Waals surface area (Å²) in [6.07, 6.45) is 0.145. The quantitative estimate of drug-likeness (QED) is 0.860. The van der Waals surface area contributed by atoms with Crippen molar-refractivity contribution in [2.24, 2.45) is 0 Å². The monoisotopic (exact) mass is 333 g/mol. The topological polar surface area (TPSA) is 40.5 Å². The summed E-state index contributed by atoms with van der Waals surface area (Å²) >= 11 is 9.53. The second kappa shape index (κ2) is 7.12. The van der Waals surface area contributed by atoms with Crippen molar-refractivity contribution in [3.8, 4) is 0 Å². The molecule has 0 spiro atoms. The fourth-order valence-corrected chi connectivity index (χ4v) is 2.36. The molecule has 0 aliphatic carbocycles. The molecule has 1 aromatic rings. The molecule has 0 aliphatic rings. The smallest absolute Gasteiger partial charge is 0.304 e. The molecule has 0 amide bonds. The van der Waals surface area contributed by atoms with Crippen LogP contribution in [-0.4, -0.2) is 28.6 Å². The standard InChI is InChI=1S/C13H17BrClNO2/c1-9(2)16(6-5-13(17)18)8-10-3-4-11(14)7-12(10)15/h3-4,7,9H,5-6,8H2,1-2H3,(H,17,18). The summed E-state index contributed by atoms with van der Waals surface area (Å²) in [4.78, 5) is 12.7. The Morgan fingerprint density at radius 3 is 2.67 bits per heavy atom. The van der Waals surface area contributed by atoms with Crippen LogP contribution in [0.3, 0.4) is 0 Å². The molecule has 5 heteroatoms. The van der Waals surface area contributed by atoms with Gasteiger partial charge in [-0.2, -0.15) is 0 Å². The molecule has 0 aliphatic heterocycles. The van der Waals surface area contributed by atoms with Crippen LogP contribution >= 0.6 is 27.5 Å². The van der Waals surface area contributed by atoms with Gasteiger partial charge in [0, 0.05) is 28.6 Å². The number of aliphatic carboxylic acids is 1. The molecule has 100 valence electrons. The van der Waals surface area contributed by atoms with Crippen molar-refractivity contribution in [3.05, 3.63) is 33.3 Å². The Labute approximate surface area is 121 Å². The average Bonchev–Trinajstić information content (AvgIpc) is 2.26. The van der Waals surface area contributed by atoms with E-state index in [1.807, 2.05) is 18.2 Å². The second-order valence-corrected chi connectivity index (χ2v) is 5.77. The summed E-state index contributed by atoms with van der Waals surface area (Å²) in [7, 11) is 0. The lowest BCUT2D eigenvalue weighted by Gasteiger charge is -2.26. The van der Waals surface area contributed by atoms with Crippen molar-refractivity contribution in [2.45, 2.75) is 32.9 Å². The maximum atomic E-state index is 10.6. The minimum atomic E-state index is -0.775. The zero-order valence-electron chi connectivity index (χ0n) is 10.5. The van der Waals surface area contributed by atoms with Crippen LogP contribution in [0.2, 0.25) is 5.02 Å². The molecule has 0 saturated heterocycles. The van der Waals surface area contributed by atoms with Gasteiger partial charge in [0.2, 0.25) is 0 Å². The summed E-state index contributed by atoms with van der Waals surface area (Å²) in [6, 6.07) is 6.04. The van der Waals surface area contributed by atoms with Crippen molar-refractivity contribution in [1.29, 1.82) is 0 Å². The van der Waals surface area contributed by atoms with Crippen LogP contribution in [0.15, 0.2) is 22.7 Å². The van der Waals surface area contributed by atoms with Crippen LogP contribution in [-0.2, 0) is 11.3 Å². The number of carbonyl (C=O) groups is 1. The number of hydrogen-bond acceptors (Lipinski definition) is 2. The van der Waals surface area contributed by atoms with Gasteiger partial charge in [0.25, 0.3) is 0 Å². The van der Waals surface area contributed by atoms with Gasteiger partial charge in [-0.05, 0) is 31.5 Å². The maximum absolute atomic E-state index is 10.6. The van der Waals surface area contributed by atoms with Gasteiger partial charge in [0.05, 0.1) is 6.42 Å². The van der Waals surface area contributed by atoms with Gasteiger partial charge in [-0.3, -0.25) is 9.69 Å². The first-order valence-electron chi connectivity index (χ1n) is 5.80. The first-order valence-corrected chi connectivity index (χ1v) is 6.97. The van der Waals surface area contributed by atoms with Crippen molar-refractivity contribution in [1.82, 2.24) is 4.90 Å². The molecule has 0 bridgehead atoms. The minimum Gasteiger partial charge on any atom is -0.481 e. The molecule has 0 atom stereocenters. The summed E-state index contributed by atoms with van der Waals surface area (Å²) < 4.78 is 0.942. The third-order valence-corrected chi connectivity index (χ3v) is 3.58. The summed E-state index contributed by atoms with van der Waals surface area (Å²) in [5.74, 6) is -0.775. The number of nitrogens with zero attached hydrogens (tertiary/aromatic N) is 1. The molecular formula is C13H17BrClNO2. The van der Waals surface area contributed by atoms with E-state index < -0.39 is 5.97 Å². The Balaban J connectivity index is 2.73. The third kappa shape index (κ3) is 4.96. The molecular weight excluding hydrogens is 318 g/mol. The molecule has 1 rings (SSSR count). The molecule has 3 nitrogen and oxygen atoms in total. The molecule has 0 aromatic heterocycles. The molecule has 0 heterocycles. The van der Waals surface area contributed by atoms with Crippen molar-refractivity contribution in [3.63, 3.8) is 0 Å². The summed E-state index contributed by atoms with van der Waals surface area (Å²) in [5, 5.41) is 9.44. The highest BCUT2D eigenvalue weighted by atomic mass is 79.9. The minimum absolute atomic E-state index is 0.145. The highest BCUT2D eigenvalue weighted by molar-refractivity contribution is 9.10. The van der Waals surface area contributed by atoms with Gasteiger partial charge in [-0.25, -0.2) is 0 Å².